The Balaban J connectivity index is 1.93. The minimum Gasteiger partial charge on any atom is -0.351 e. The van der Waals surface area contributed by atoms with Crippen molar-refractivity contribution in [3.63, 3.8) is 0 Å². The van der Waals surface area contributed by atoms with Crippen molar-refractivity contribution in [2.45, 2.75) is 24.8 Å². The van der Waals surface area contributed by atoms with Crippen LogP contribution in [0.4, 0.5) is 19.0 Å². The molecule has 0 N–H and O–H groups in total. The minimum atomic E-state index is -4.45. The Morgan fingerprint density at radius 1 is 1.29 bits per heavy atom. The van der Waals surface area contributed by atoms with Crippen LogP contribution in [0.25, 0.3) is 0 Å². The van der Waals surface area contributed by atoms with E-state index in [1.165, 1.54) is 6.20 Å². The van der Waals surface area contributed by atoms with Crippen LogP contribution < -0.4 is 4.90 Å². The van der Waals surface area contributed by atoms with Crippen LogP contribution >= 0.6 is 15.9 Å². The molecule has 4 nitrogen and oxygen atoms in total. The zero-order valence-corrected chi connectivity index (χ0v) is 12.7. The highest BCUT2D eigenvalue weighted by Crippen LogP contribution is 2.39. The molecule has 2 saturated heterocycles. The molecule has 1 spiro atoms. The van der Waals surface area contributed by atoms with Gasteiger partial charge in [0, 0.05) is 23.6 Å². The molecule has 0 bridgehead atoms. The van der Waals surface area contributed by atoms with E-state index in [4.69, 9.17) is 9.47 Å². The lowest BCUT2D eigenvalue weighted by Gasteiger charge is -2.39. The molecule has 3 heterocycles. The average molecular weight is 367 g/mol. The van der Waals surface area contributed by atoms with Crippen LogP contribution in [0.1, 0.15) is 18.4 Å². The molecular weight excluding hydrogens is 353 g/mol. The Morgan fingerprint density at radius 3 is 2.67 bits per heavy atom. The fourth-order valence-electron chi connectivity index (χ4n) is 2.79. The monoisotopic (exact) mass is 366 g/mol. The number of alkyl halides is 3. The molecule has 0 atom stereocenters. The van der Waals surface area contributed by atoms with Crippen molar-refractivity contribution >= 4 is 21.7 Å². The number of hydrogen-bond acceptors (Lipinski definition) is 4. The molecule has 0 radical (unpaired) electrons. The number of anilines is 1. The van der Waals surface area contributed by atoms with Crippen molar-refractivity contribution in [1.29, 1.82) is 0 Å². The van der Waals surface area contributed by atoms with Gasteiger partial charge in [0.25, 0.3) is 0 Å². The SMILES string of the molecule is FC(F)(F)c1cc(Br)cnc1N1CCCC2(C1)OCCO2. The van der Waals surface area contributed by atoms with Crippen molar-refractivity contribution in [2.24, 2.45) is 0 Å². The van der Waals surface area contributed by atoms with Gasteiger partial charge >= 0.3 is 6.18 Å². The molecule has 21 heavy (non-hydrogen) atoms. The Hall–Kier alpha value is -0.860. The Labute approximate surface area is 128 Å². The predicted octanol–water partition coefficient (Wildman–Crippen LogP) is 3.21. The van der Waals surface area contributed by atoms with Gasteiger partial charge in [0.1, 0.15) is 5.82 Å². The van der Waals surface area contributed by atoms with Gasteiger partial charge < -0.3 is 14.4 Å². The number of aromatic nitrogens is 1. The van der Waals surface area contributed by atoms with Crippen LogP contribution in [0.5, 0.6) is 0 Å². The fourth-order valence-corrected chi connectivity index (χ4v) is 3.13. The standard InChI is InChI=1S/C13H14BrF3N2O2/c14-9-6-10(13(15,16)17)11(18-7-9)19-3-1-2-12(8-19)20-4-5-21-12/h6-7H,1-5,8H2. The molecule has 3 rings (SSSR count). The largest absolute Gasteiger partial charge is 0.419 e. The molecule has 2 fully saturated rings. The zero-order valence-electron chi connectivity index (χ0n) is 11.1. The summed E-state index contributed by atoms with van der Waals surface area (Å²) in [4.78, 5) is 5.57. The van der Waals surface area contributed by atoms with Gasteiger partial charge in [-0.3, -0.25) is 0 Å². The lowest BCUT2D eigenvalue weighted by atomic mass is 10.0. The second-order valence-electron chi connectivity index (χ2n) is 5.16. The van der Waals surface area contributed by atoms with E-state index >= 15 is 0 Å². The number of hydrogen-bond donors (Lipinski definition) is 0. The van der Waals surface area contributed by atoms with Crippen molar-refractivity contribution < 1.29 is 22.6 Å². The van der Waals surface area contributed by atoms with E-state index in [1.807, 2.05) is 0 Å². The van der Waals surface area contributed by atoms with Gasteiger partial charge in [-0.2, -0.15) is 13.2 Å². The number of pyridine rings is 1. The van der Waals surface area contributed by atoms with Crippen molar-refractivity contribution in [3.8, 4) is 0 Å². The van der Waals surface area contributed by atoms with Gasteiger partial charge in [-0.1, -0.05) is 0 Å². The highest BCUT2D eigenvalue weighted by molar-refractivity contribution is 9.10. The summed E-state index contributed by atoms with van der Waals surface area (Å²) in [6.45, 7) is 1.73. The quantitative estimate of drug-likeness (QED) is 0.764. The third-order valence-corrected chi connectivity index (χ3v) is 4.10. The van der Waals surface area contributed by atoms with Crippen LogP contribution in [0, 0.1) is 0 Å². The van der Waals surface area contributed by atoms with Crippen LogP contribution in [-0.4, -0.2) is 37.1 Å². The van der Waals surface area contributed by atoms with Gasteiger partial charge in [0.2, 0.25) is 0 Å². The lowest BCUT2D eigenvalue weighted by molar-refractivity contribution is -0.161. The van der Waals surface area contributed by atoms with Crippen molar-refractivity contribution in [1.82, 2.24) is 4.98 Å². The predicted molar refractivity (Wildman–Crippen MR) is 73.0 cm³/mol. The maximum atomic E-state index is 13.2. The third kappa shape index (κ3) is 3.02. The molecule has 2 aliphatic heterocycles. The molecule has 0 saturated carbocycles. The van der Waals surface area contributed by atoms with Gasteiger partial charge in [-0.05, 0) is 28.4 Å². The van der Waals surface area contributed by atoms with E-state index in [9.17, 15) is 13.2 Å². The molecule has 0 amide bonds. The summed E-state index contributed by atoms with van der Waals surface area (Å²) in [5, 5.41) is 0. The first-order valence-corrected chi connectivity index (χ1v) is 7.45. The number of piperidine rings is 1. The van der Waals surface area contributed by atoms with Crippen molar-refractivity contribution in [3.05, 3.63) is 22.3 Å². The summed E-state index contributed by atoms with van der Waals surface area (Å²) in [5.74, 6) is -0.848. The summed E-state index contributed by atoms with van der Waals surface area (Å²) in [6, 6.07) is 1.06. The van der Waals surface area contributed by atoms with Crippen LogP contribution in [0.15, 0.2) is 16.7 Å². The van der Waals surface area contributed by atoms with Gasteiger partial charge in [-0.15, -0.1) is 0 Å². The van der Waals surface area contributed by atoms with Crippen LogP contribution in [-0.2, 0) is 15.7 Å². The highest BCUT2D eigenvalue weighted by atomic mass is 79.9. The lowest BCUT2D eigenvalue weighted by Crippen LogP contribution is -2.49. The minimum absolute atomic E-state index is 0.0659. The third-order valence-electron chi connectivity index (χ3n) is 3.67. The van der Waals surface area contributed by atoms with E-state index in [2.05, 4.69) is 20.9 Å². The molecule has 0 aromatic carbocycles. The van der Waals surface area contributed by atoms with Crippen molar-refractivity contribution in [2.75, 3.05) is 31.2 Å². The number of halogens is 4. The Bertz CT molecular complexity index is 533. The second kappa shape index (κ2) is 5.40. The summed E-state index contributed by atoms with van der Waals surface area (Å²) >= 11 is 3.04. The van der Waals surface area contributed by atoms with E-state index in [1.54, 1.807) is 4.90 Å². The Morgan fingerprint density at radius 2 is 2.00 bits per heavy atom. The van der Waals surface area contributed by atoms with E-state index < -0.39 is 17.5 Å². The second-order valence-corrected chi connectivity index (χ2v) is 6.07. The summed E-state index contributed by atoms with van der Waals surface area (Å²) in [7, 11) is 0. The number of rotatable bonds is 1. The summed E-state index contributed by atoms with van der Waals surface area (Å²) < 4.78 is 51.1. The smallest absolute Gasteiger partial charge is 0.351 e. The number of nitrogens with zero attached hydrogens (tertiary/aromatic N) is 2. The normalized spacial score (nSPS) is 22.0. The fraction of sp³-hybridized carbons (Fsp3) is 0.615. The van der Waals surface area contributed by atoms with E-state index in [0.29, 0.717) is 37.1 Å². The first kappa shape index (κ1) is 15.1. The maximum absolute atomic E-state index is 13.2. The molecule has 0 aliphatic carbocycles. The maximum Gasteiger partial charge on any atom is 0.419 e. The molecule has 116 valence electrons. The van der Waals surface area contributed by atoms with E-state index in [0.717, 1.165) is 6.07 Å². The molecule has 1 aromatic heterocycles. The molecule has 8 heteroatoms. The zero-order chi connectivity index (χ0) is 15.1. The molecule has 0 unspecified atom stereocenters. The highest BCUT2D eigenvalue weighted by Gasteiger charge is 2.43. The van der Waals surface area contributed by atoms with Crippen LogP contribution in [0.2, 0.25) is 0 Å². The summed E-state index contributed by atoms with van der Waals surface area (Å²) in [6.07, 6.45) is -1.67. The summed E-state index contributed by atoms with van der Waals surface area (Å²) in [5.41, 5.74) is -0.744. The molecular formula is C13H14BrF3N2O2. The van der Waals surface area contributed by atoms with E-state index in [-0.39, 0.29) is 12.4 Å². The number of ether oxygens (including phenoxy) is 2. The van der Waals surface area contributed by atoms with Gasteiger partial charge in [0.15, 0.2) is 5.79 Å². The topological polar surface area (TPSA) is 34.6 Å². The Kier molecular flexibility index (Phi) is 3.87. The van der Waals surface area contributed by atoms with Crippen LogP contribution in [0.3, 0.4) is 0 Å². The average Bonchev–Trinajstić information content (AvgIpc) is 2.85. The van der Waals surface area contributed by atoms with Gasteiger partial charge in [-0.25, -0.2) is 4.98 Å². The molecule has 2 aliphatic rings. The first-order valence-electron chi connectivity index (χ1n) is 6.65. The molecule has 1 aromatic rings. The van der Waals surface area contributed by atoms with Gasteiger partial charge in [0.05, 0.1) is 25.3 Å². The first-order chi connectivity index (χ1) is 9.90.